The predicted octanol–water partition coefficient (Wildman–Crippen LogP) is 0.408. The van der Waals surface area contributed by atoms with Gasteiger partial charge in [-0.15, -0.1) is 0 Å². The Balaban J connectivity index is 1.81. The van der Waals surface area contributed by atoms with Crippen molar-refractivity contribution in [2.24, 2.45) is 0 Å². The van der Waals surface area contributed by atoms with Crippen molar-refractivity contribution in [3.8, 4) is 5.75 Å². The quantitative estimate of drug-likeness (QED) is 0.792. The van der Waals surface area contributed by atoms with Gasteiger partial charge in [0.2, 0.25) is 12.3 Å². The van der Waals surface area contributed by atoms with Gasteiger partial charge in [0.15, 0.2) is 0 Å². The van der Waals surface area contributed by atoms with Crippen LogP contribution in [-0.2, 0) is 9.59 Å². The molecule has 1 aromatic carbocycles. The van der Waals surface area contributed by atoms with E-state index in [9.17, 15) is 9.59 Å². The maximum atomic E-state index is 12.0. The normalized spacial score (nSPS) is 14.8. The number of carbonyl (C=O) groups excluding carboxylic acids is 2. The van der Waals surface area contributed by atoms with Gasteiger partial charge >= 0.3 is 0 Å². The van der Waals surface area contributed by atoms with E-state index < -0.39 is 0 Å². The molecule has 6 nitrogen and oxygen atoms in total. The van der Waals surface area contributed by atoms with E-state index in [1.165, 1.54) is 0 Å². The Morgan fingerprint density at radius 2 is 2.10 bits per heavy atom. The number of carbonyl (C=O) groups is 2. The van der Waals surface area contributed by atoms with E-state index >= 15 is 0 Å². The molecule has 0 aliphatic carbocycles. The van der Waals surface area contributed by atoms with Gasteiger partial charge in [0, 0.05) is 37.9 Å². The molecular formula is C14H19N3O3. The third-order valence-electron chi connectivity index (χ3n) is 3.33. The second kappa shape index (κ2) is 6.79. The van der Waals surface area contributed by atoms with Gasteiger partial charge in [-0.2, -0.15) is 0 Å². The molecule has 0 spiro atoms. The van der Waals surface area contributed by atoms with Crippen molar-refractivity contribution in [3.05, 3.63) is 24.3 Å². The number of anilines is 1. The van der Waals surface area contributed by atoms with E-state index in [2.05, 4.69) is 5.32 Å². The van der Waals surface area contributed by atoms with E-state index in [1.807, 2.05) is 24.3 Å². The number of nitrogens with one attached hydrogen (secondary N) is 1. The monoisotopic (exact) mass is 277 g/mol. The standard InChI is InChI=1S/C14H19N3O3/c1-20-13-4-2-3-12(9-13)15-10-14(19)17-7-5-16(11-18)6-8-17/h2-4,9,11,15H,5-8,10H2,1H3. The van der Waals surface area contributed by atoms with Crippen LogP contribution in [0, 0.1) is 0 Å². The summed E-state index contributed by atoms with van der Waals surface area (Å²) < 4.78 is 5.13. The molecule has 0 radical (unpaired) electrons. The van der Waals surface area contributed by atoms with Crippen LogP contribution in [0.3, 0.4) is 0 Å². The topological polar surface area (TPSA) is 61.9 Å². The van der Waals surface area contributed by atoms with Crippen molar-refractivity contribution in [2.45, 2.75) is 0 Å². The number of hydrogen-bond donors (Lipinski definition) is 1. The van der Waals surface area contributed by atoms with Crippen molar-refractivity contribution in [2.75, 3.05) is 45.2 Å². The average molecular weight is 277 g/mol. The summed E-state index contributed by atoms with van der Waals surface area (Å²) in [7, 11) is 1.61. The van der Waals surface area contributed by atoms with Gasteiger partial charge in [-0.25, -0.2) is 0 Å². The lowest BCUT2D eigenvalue weighted by atomic mass is 10.3. The van der Waals surface area contributed by atoms with Crippen LogP contribution < -0.4 is 10.1 Å². The molecule has 1 fully saturated rings. The van der Waals surface area contributed by atoms with E-state index in [0.717, 1.165) is 17.8 Å². The summed E-state index contributed by atoms with van der Waals surface area (Å²) in [4.78, 5) is 26.1. The highest BCUT2D eigenvalue weighted by atomic mass is 16.5. The van der Waals surface area contributed by atoms with Crippen LogP contribution in [0.5, 0.6) is 5.75 Å². The van der Waals surface area contributed by atoms with Crippen LogP contribution in [0.2, 0.25) is 0 Å². The second-order valence-corrected chi connectivity index (χ2v) is 4.61. The van der Waals surface area contributed by atoms with Gasteiger partial charge in [-0.05, 0) is 12.1 Å². The van der Waals surface area contributed by atoms with Gasteiger partial charge in [-0.1, -0.05) is 6.07 Å². The van der Waals surface area contributed by atoms with Gasteiger partial charge < -0.3 is 19.9 Å². The molecule has 1 aromatic rings. The van der Waals surface area contributed by atoms with Crippen LogP contribution in [0.4, 0.5) is 5.69 Å². The molecule has 0 aromatic heterocycles. The van der Waals surface area contributed by atoms with Crippen molar-refractivity contribution in [1.82, 2.24) is 9.80 Å². The highest BCUT2D eigenvalue weighted by Gasteiger charge is 2.19. The molecule has 108 valence electrons. The number of piperazine rings is 1. The fraction of sp³-hybridized carbons (Fsp3) is 0.429. The molecule has 1 aliphatic rings. The third-order valence-corrected chi connectivity index (χ3v) is 3.33. The maximum absolute atomic E-state index is 12.0. The molecule has 2 amide bonds. The van der Waals surface area contributed by atoms with E-state index in [4.69, 9.17) is 4.74 Å². The fourth-order valence-electron chi connectivity index (χ4n) is 2.10. The summed E-state index contributed by atoms with van der Waals surface area (Å²) in [6, 6.07) is 7.46. The molecule has 2 rings (SSSR count). The molecule has 1 heterocycles. The summed E-state index contributed by atoms with van der Waals surface area (Å²) >= 11 is 0. The molecule has 0 saturated carbocycles. The lowest BCUT2D eigenvalue weighted by molar-refractivity contribution is -0.133. The fourth-order valence-corrected chi connectivity index (χ4v) is 2.10. The first-order chi connectivity index (χ1) is 9.72. The predicted molar refractivity (Wildman–Crippen MR) is 75.7 cm³/mol. The highest BCUT2D eigenvalue weighted by Crippen LogP contribution is 2.16. The third kappa shape index (κ3) is 3.63. The minimum absolute atomic E-state index is 0.0402. The van der Waals surface area contributed by atoms with Crippen molar-refractivity contribution in [3.63, 3.8) is 0 Å². The van der Waals surface area contributed by atoms with E-state index in [1.54, 1.807) is 16.9 Å². The number of hydrogen-bond acceptors (Lipinski definition) is 4. The molecule has 1 saturated heterocycles. The van der Waals surface area contributed by atoms with Crippen LogP contribution in [0.1, 0.15) is 0 Å². The van der Waals surface area contributed by atoms with Gasteiger partial charge in [0.05, 0.1) is 13.7 Å². The SMILES string of the molecule is COc1cccc(NCC(=O)N2CCN(C=O)CC2)c1. The van der Waals surface area contributed by atoms with Gasteiger partial charge in [0.25, 0.3) is 0 Å². The number of benzene rings is 1. The second-order valence-electron chi connectivity index (χ2n) is 4.61. The number of rotatable bonds is 5. The smallest absolute Gasteiger partial charge is 0.241 e. The van der Waals surface area contributed by atoms with Crippen LogP contribution in [0.15, 0.2) is 24.3 Å². The van der Waals surface area contributed by atoms with E-state index in [0.29, 0.717) is 26.2 Å². The Morgan fingerprint density at radius 3 is 2.75 bits per heavy atom. The molecule has 20 heavy (non-hydrogen) atoms. The van der Waals surface area contributed by atoms with Crippen molar-refractivity contribution < 1.29 is 14.3 Å². The largest absolute Gasteiger partial charge is 0.497 e. The zero-order valence-electron chi connectivity index (χ0n) is 11.5. The van der Waals surface area contributed by atoms with Crippen molar-refractivity contribution >= 4 is 18.0 Å². The Hall–Kier alpha value is -2.24. The van der Waals surface area contributed by atoms with Gasteiger partial charge in [0.1, 0.15) is 5.75 Å². The molecule has 6 heteroatoms. The molecular weight excluding hydrogens is 258 g/mol. The van der Waals surface area contributed by atoms with Crippen LogP contribution in [0.25, 0.3) is 0 Å². The summed E-state index contributed by atoms with van der Waals surface area (Å²) in [6.07, 6.45) is 0.830. The lowest BCUT2D eigenvalue weighted by Crippen LogP contribution is -2.49. The highest BCUT2D eigenvalue weighted by molar-refractivity contribution is 5.81. The summed E-state index contributed by atoms with van der Waals surface area (Å²) in [6.45, 7) is 2.64. The zero-order valence-corrected chi connectivity index (χ0v) is 11.5. The maximum Gasteiger partial charge on any atom is 0.241 e. The Labute approximate surface area is 118 Å². The molecule has 0 unspecified atom stereocenters. The first-order valence-corrected chi connectivity index (χ1v) is 6.58. The Bertz CT molecular complexity index is 470. The molecule has 1 N–H and O–H groups in total. The molecule has 0 atom stereocenters. The van der Waals surface area contributed by atoms with Crippen molar-refractivity contribution in [1.29, 1.82) is 0 Å². The Kier molecular flexibility index (Phi) is 4.81. The average Bonchev–Trinajstić information content (AvgIpc) is 2.53. The zero-order chi connectivity index (χ0) is 14.4. The Morgan fingerprint density at radius 1 is 1.35 bits per heavy atom. The minimum Gasteiger partial charge on any atom is -0.497 e. The molecule has 1 aliphatic heterocycles. The van der Waals surface area contributed by atoms with Crippen LogP contribution >= 0.6 is 0 Å². The number of nitrogens with zero attached hydrogens (tertiary/aromatic N) is 2. The summed E-state index contributed by atoms with van der Waals surface area (Å²) in [5, 5.41) is 3.09. The number of methoxy groups -OCH3 is 1. The lowest BCUT2D eigenvalue weighted by Gasteiger charge is -2.32. The summed E-state index contributed by atoms with van der Waals surface area (Å²) in [5.41, 5.74) is 0.851. The summed E-state index contributed by atoms with van der Waals surface area (Å²) in [5.74, 6) is 0.792. The van der Waals surface area contributed by atoms with E-state index in [-0.39, 0.29) is 12.5 Å². The number of amides is 2. The minimum atomic E-state index is 0.0402. The van der Waals surface area contributed by atoms with Gasteiger partial charge in [-0.3, -0.25) is 9.59 Å². The number of ether oxygens (including phenoxy) is 1. The molecule has 0 bridgehead atoms. The van der Waals surface area contributed by atoms with Crippen LogP contribution in [-0.4, -0.2) is 62.0 Å². The first-order valence-electron chi connectivity index (χ1n) is 6.58. The first kappa shape index (κ1) is 14.2.